The highest BCUT2D eigenvalue weighted by Crippen LogP contribution is 2.32. The molecule has 0 saturated heterocycles. The fourth-order valence-electron chi connectivity index (χ4n) is 1.50. The molecule has 1 aromatic carbocycles. The molecule has 0 bridgehead atoms. The van der Waals surface area contributed by atoms with Crippen LogP contribution in [0.1, 0.15) is 6.42 Å². The van der Waals surface area contributed by atoms with Crippen LogP contribution < -0.4 is 4.72 Å². The van der Waals surface area contributed by atoms with E-state index in [2.05, 4.69) is 20.7 Å². The highest BCUT2D eigenvalue weighted by atomic mass is 79.9. The van der Waals surface area contributed by atoms with E-state index >= 15 is 0 Å². The first-order valence-electron chi connectivity index (χ1n) is 5.57. The number of sulfonamides is 1. The van der Waals surface area contributed by atoms with Gasteiger partial charge in [0.05, 0.1) is 10.0 Å². The largest absolute Gasteiger partial charge is 0.480 e. The standard InChI is InChI=1S/C11H12BrCl2NO4S2/c1-20-3-2-9(11(16)17)15-21(18,19)10-7(13)4-6(12)5-8(10)14/h4-5,9,15H,2-3H2,1H3,(H,16,17)/t9-/m0/s1. The average Bonchev–Trinajstić information content (AvgIpc) is 2.32. The molecule has 0 radical (unpaired) electrons. The first-order valence-corrected chi connectivity index (χ1v) is 10.00. The monoisotopic (exact) mass is 435 g/mol. The lowest BCUT2D eigenvalue weighted by Gasteiger charge is -2.16. The number of carboxylic acids is 1. The van der Waals surface area contributed by atoms with Gasteiger partial charge in [-0.2, -0.15) is 16.5 Å². The fourth-order valence-corrected chi connectivity index (χ4v) is 5.13. The van der Waals surface area contributed by atoms with Gasteiger partial charge in [-0.25, -0.2) is 8.42 Å². The van der Waals surface area contributed by atoms with Gasteiger partial charge in [0.1, 0.15) is 10.9 Å². The molecule has 0 unspecified atom stereocenters. The molecule has 0 aliphatic rings. The number of aliphatic carboxylic acids is 1. The van der Waals surface area contributed by atoms with Crippen LogP contribution in [0.5, 0.6) is 0 Å². The van der Waals surface area contributed by atoms with Gasteiger partial charge in [0.25, 0.3) is 0 Å². The molecule has 0 saturated carbocycles. The minimum Gasteiger partial charge on any atom is -0.480 e. The minimum absolute atomic E-state index is 0.0871. The molecule has 1 atom stereocenters. The lowest BCUT2D eigenvalue weighted by molar-refractivity contribution is -0.139. The van der Waals surface area contributed by atoms with Crippen molar-refractivity contribution >= 4 is 66.9 Å². The van der Waals surface area contributed by atoms with Crippen molar-refractivity contribution in [3.63, 3.8) is 0 Å². The number of nitrogens with one attached hydrogen (secondary N) is 1. The highest BCUT2D eigenvalue weighted by molar-refractivity contribution is 9.10. The molecule has 0 fully saturated rings. The van der Waals surface area contributed by atoms with Gasteiger partial charge in [0.15, 0.2) is 0 Å². The summed E-state index contributed by atoms with van der Waals surface area (Å²) in [6.45, 7) is 0. The van der Waals surface area contributed by atoms with Crippen LogP contribution in [0.3, 0.4) is 0 Å². The van der Waals surface area contributed by atoms with Crippen molar-refractivity contribution in [1.29, 1.82) is 0 Å². The predicted octanol–water partition coefficient (Wildman–Crippen LogP) is 3.24. The normalized spacial score (nSPS) is 13.1. The third-order valence-electron chi connectivity index (χ3n) is 2.44. The summed E-state index contributed by atoms with van der Waals surface area (Å²) in [6.07, 6.45) is 1.96. The van der Waals surface area contributed by atoms with Crippen molar-refractivity contribution in [3.8, 4) is 0 Å². The van der Waals surface area contributed by atoms with E-state index in [1.807, 2.05) is 0 Å². The molecule has 118 valence electrons. The van der Waals surface area contributed by atoms with Crippen molar-refractivity contribution in [2.24, 2.45) is 0 Å². The van der Waals surface area contributed by atoms with E-state index < -0.39 is 22.0 Å². The maximum atomic E-state index is 12.3. The van der Waals surface area contributed by atoms with Gasteiger partial charge in [-0.1, -0.05) is 39.1 Å². The number of thioether (sulfide) groups is 1. The molecule has 0 amide bonds. The van der Waals surface area contributed by atoms with Crippen LogP contribution in [0, 0.1) is 0 Å². The fraction of sp³-hybridized carbons (Fsp3) is 0.364. The first-order chi connectivity index (χ1) is 9.69. The van der Waals surface area contributed by atoms with Gasteiger partial charge in [-0.05, 0) is 30.6 Å². The van der Waals surface area contributed by atoms with E-state index in [9.17, 15) is 13.2 Å². The number of hydrogen-bond donors (Lipinski definition) is 2. The molecular formula is C11H12BrCl2NO4S2. The number of carboxylic acid groups (broad SMARTS) is 1. The second-order valence-corrected chi connectivity index (χ2v) is 8.36. The molecule has 5 nitrogen and oxygen atoms in total. The van der Waals surface area contributed by atoms with Crippen LogP contribution in [0.15, 0.2) is 21.5 Å². The molecule has 0 spiro atoms. The summed E-state index contributed by atoms with van der Waals surface area (Å²) < 4.78 is 27.2. The quantitative estimate of drug-likeness (QED) is 0.685. The van der Waals surface area contributed by atoms with Crippen molar-refractivity contribution in [1.82, 2.24) is 4.72 Å². The lowest BCUT2D eigenvalue weighted by atomic mass is 10.2. The van der Waals surface area contributed by atoms with Crippen LogP contribution in [-0.2, 0) is 14.8 Å². The van der Waals surface area contributed by atoms with E-state index in [1.54, 1.807) is 6.26 Å². The molecule has 1 aromatic rings. The van der Waals surface area contributed by atoms with Crippen LogP contribution in [0.25, 0.3) is 0 Å². The zero-order valence-electron chi connectivity index (χ0n) is 10.8. The zero-order chi connectivity index (χ0) is 16.2. The molecule has 0 aliphatic heterocycles. The summed E-state index contributed by atoms with van der Waals surface area (Å²) in [5.41, 5.74) is 0. The Morgan fingerprint density at radius 1 is 1.43 bits per heavy atom. The summed E-state index contributed by atoms with van der Waals surface area (Å²) in [4.78, 5) is 10.8. The maximum Gasteiger partial charge on any atom is 0.321 e. The van der Waals surface area contributed by atoms with Crippen molar-refractivity contribution < 1.29 is 18.3 Å². The Kier molecular flexibility index (Phi) is 7.29. The molecule has 0 aromatic heterocycles. The summed E-state index contributed by atoms with van der Waals surface area (Å²) >= 11 is 16.4. The van der Waals surface area contributed by atoms with Gasteiger partial charge in [-0.15, -0.1) is 0 Å². The highest BCUT2D eigenvalue weighted by Gasteiger charge is 2.28. The minimum atomic E-state index is -4.14. The molecule has 10 heteroatoms. The molecular weight excluding hydrogens is 425 g/mol. The van der Waals surface area contributed by atoms with Gasteiger partial charge >= 0.3 is 5.97 Å². The van der Waals surface area contributed by atoms with Crippen molar-refractivity contribution in [3.05, 3.63) is 26.7 Å². The Bertz CT molecular complexity index is 616. The Labute approximate surface area is 145 Å². The van der Waals surface area contributed by atoms with Gasteiger partial charge in [0, 0.05) is 4.47 Å². The van der Waals surface area contributed by atoms with E-state index in [1.165, 1.54) is 23.9 Å². The van der Waals surface area contributed by atoms with Crippen LogP contribution in [0.4, 0.5) is 0 Å². The number of rotatable bonds is 7. The van der Waals surface area contributed by atoms with Crippen LogP contribution in [-0.4, -0.2) is 37.5 Å². The SMILES string of the molecule is CSCC[C@H](NS(=O)(=O)c1c(Cl)cc(Br)cc1Cl)C(=O)O. The third-order valence-corrected chi connectivity index (χ3v) is 5.93. The van der Waals surface area contributed by atoms with E-state index in [-0.39, 0.29) is 21.4 Å². The zero-order valence-corrected chi connectivity index (χ0v) is 15.5. The van der Waals surface area contributed by atoms with Crippen molar-refractivity contribution in [2.45, 2.75) is 17.4 Å². The summed E-state index contributed by atoms with van der Waals surface area (Å²) in [5, 5.41) is 8.91. The van der Waals surface area contributed by atoms with Gasteiger partial charge < -0.3 is 5.11 Å². The van der Waals surface area contributed by atoms with Crippen LogP contribution in [0.2, 0.25) is 10.0 Å². The number of carbonyl (C=O) groups is 1. The second kappa shape index (κ2) is 8.03. The maximum absolute atomic E-state index is 12.3. The average molecular weight is 437 g/mol. The van der Waals surface area contributed by atoms with E-state index in [0.717, 1.165) is 0 Å². The second-order valence-electron chi connectivity index (χ2n) is 3.99. The predicted molar refractivity (Wildman–Crippen MR) is 88.9 cm³/mol. The smallest absolute Gasteiger partial charge is 0.321 e. The first kappa shape index (κ1) is 19.1. The van der Waals surface area contributed by atoms with E-state index in [0.29, 0.717) is 10.2 Å². The molecule has 21 heavy (non-hydrogen) atoms. The molecule has 2 N–H and O–H groups in total. The third kappa shape index (κ3) is 5.30. The molecule has 0 aliphatic carbocycles. The number of halogens is 3. The topological polar surface area (TPSA) is 83.5 Å². The van der Waals surface area contributed by atoms with Gasteiger partial charge in [0.2, 0.25) is 10.0 Å². The Morgan fingerprint density at radius 2 is 1.95 bits per heavy atom. The lowest BCUT2D eigenvalue weighted by Crippen LogP contribution is -2.41. The number of benzene rings is 1. The van der Waals surface area contributed by atoms with Gasteiger partial charge in [-0.3, -0.25) is 4.79 Å². The number of hydrogen-bond acceptors (Lipinski definition) is 4. The van der Waals surface area contributed by atoms with Crippen LogP contribution >= 0.6 is 50.9 Å². The summed E-state index contributed by atoms with van der Waals surface area (Å²) in [6, 6.07) is 1.51. The Balaban J connectivity index is 3.14. The summed E-state index contributed by atoms with van der Waals surface area (Å²) in [5.74, 6) is -0.752. The summed E-state index contributed by atoms with van der Waals surface area (Å²) in [7, 11) is -4.14. The molecule has 1 rings (SSSR count). The Morgan fingerprint density at radius 3 is 2.38 bits per heavy atom. The van der Waals surface area contributed by atoms with E-state index in [4.69, 9.17) is 28.3 Å². The molecule has 0 heterocycles. The van der Waals surface area contributed by atoms with Crippen molar-refractivity contribution in [2.75, 3.05) is 12.0 Å². The Hall–Kier alpha value is 0.01000.